The third-order valence-corrected chi connectivity index (χ3v) is 7.63. The highest BCUT2D eigenvalue weighted by molar-refractivity contribution is 6.10. The van der Waals surface area contributed by atoms with Crippen LogP contribution in [0.25, 0.3) is 44.2 Å². The lowest BCUT2D eigenvalue weighted by Crippen LogP contribution is -1.97. The molecule has 0 aliphatic rings. The summed E-state index contributed by atoms with van der Waals surface area (Å²) in [6.07, 6.45) is 1.71. The summed E-state index contributed by atoms with van der Waals surface area (Å²) in [5, 5.41) is 2.33. The zero-order valence-electron chi connectivity index (χ0n) is 21.7. The summed E-state index contributed by atoms with van der Waals surface area (Å²) in [6.45, 7) is 0. The van der Waals surface area contributed by atoms with Gasteiger partial charge in [0.1, 0.15) is 11.2 Å². The van der Waals surface area contributed by atoms with Crippen molar-refractivity contribution in [1.29, 1.82) is 0 Å². The number of furan rings is 1. The molecule has 1 aromatic heterocycles. The first-order valence-electron chi connectivity index (χ1n) is 13.5. The Labute approximate surface area is 229 Å². The Hall–Kier alpha value is -4.88. The summed E-state index contributed by atoms with van der Waals surface area (Å²) < 4.78 is 6.69. The highest BCUT2D eigenvalue weighted by Gasteiger charge is 2.16. The van der Waals surface area contributed by atoms with Crippen molar-refractivity contribution in [3.63, 3.8) is 0 Å². The number of benzene rings is 6. The molecule has 1 nitrogen and oxygen atoms in total. The van der Waals surface area contributed by atoms with E-state index in [0.29, 0.717) is 0 Å². The molecule has 6 aromatic carbocycles. The lowest BCUT2D eigenvalue weighted by Gasteiger charge is -2.15. The van der Waals surface area contributed by atoms with Gasteiger partial charge in [0, 0.05) is 22.8 Å². The van der Waals surface area contributed by atoms with Crippen molar-refractivity contribution < 1.29 is 4.42 Å². The van der Waals surface area contributed by atoms with Gasteiger partial charge in [-0.15, -0.1) is 0 Å². The van der Waals surface area contributed by atoms with Crippen LogP contribution in [0.5, 0.6) is 0 Å². The van der Waals surface area contributed by atoms with Crippen molar-refractivity contribution in [2.75, 3.05) is 0 Å². The van der Waals surface area contributed by atoms with E-state index in [0.717, 1.165) is 35.0 Å². The molecular weight excluding hydrogens is 472 g/mol. The largest absolute Gasteiger partial charge is 0.455 e. The third-order valence-electron chi connectivity index (χ3n) is 7.63. The molecule has 0 unspecified atom stereocenters. The van der Waals surface area contributed by atoms with E-state index in [9.17, 15) is 0 Å². The molecular formula is C38H28O. The minimum atomic E-state index is 0.799. The standard InChI is InChI=1S/C38H28O/c1-3-13-27(14-4-1)25-29-17-7-9-20-32(29)33-21-10-8-18-30(33)26-31-19-11-23-35-36-24-12-22-34(38(36)39-37(31)35)28-15-5-2-6-16-28/h1-24H,25-26H2. The van der Waals surface area contributed by atoms with Gasteiger partial charge in [0.15, 0.2) is 0 Å². The van der Waals surface area contributed by atoms with Crippen LogP contribution in [0.2, 0.25) is 0 Å². The maximum absolute atomic E-state index is 6.69. The molecule has 0 saturated heterocycles. The van der Waals surface area contributed by atoms with E-state index in [-0.39, 0.29) is 0 Å². The van der Waals surface area contributed by atoms with Crippen LogP contribution < -0.4 is 0 Å². The first-order chi connectivity index (χ1) is 19.3. The second-order valence-corrected chi connectivity index (χ2v) is 10.1. The summed E-state index contributed by atoms with van der Waals surface area (Å²) in [5.74, 6) is 0. The maximum atomic E-state index is 6.69. The quantitative estimate of drug-likeness (QED) is 0.221. The second-order valence-electron chi connectivity index (χ2n) is 10.1. The summed E-state index contributed by atoms with van der Waals surface area (Å²) in [6, 6.07) is 51.8. The van der Waals surface area contributed by atoms with Crippen molar-refractivity contribution in [3.8, 4) is 22.3 Å². The third kappa shape index (κ3) is 4.43. The number of fused-ring (bicyclic) bond motifs is 3. The molecule has 7 rings (SSSR count). The van der Waals surface area contributed by atoms with Crippen LogP contribution in [0, 0.1) is 0 Å². The van der Waals surface area contributed by atoms with Gasteiger partial charge in [-0.3, -0.25) is 0 Å². The number of rotatable bonds is 6. The Morgan fingerprint density at radius 1 is 0.359 bits per heavy atom. The van der Waals surface area contributed by atoms with E-state index in [2.05, 4.69) is 146 Å². The van der Waals surface area contributed by atoms with Crippen molar-refractivity contribution in [2.24, 2.45) is 0 Å². The minimum absolute atomic E-state index is 0.799. The van der Waals surface area contributed by atoms with Crippen LogP contribution in [-0.4, -0.2) is 0 Å². The number of hydrogen-bond acceptors (Lipinski definition) is 1. The van der Waals surface area contributed by atoms with Crippen LogP contribution in [0.15, 0.2) is 150 Å². The molecule has 0 atom stereocenters. The summed E-state index contributed by atoms with van der Waals surface area (Å²) >= 11 is 0. The monoisotopic (exact) mass is 500 g/mol. The van der Waals surface area contributed by atoms with Crippen LogP contribution in [0.4, 0.5) is 0 Å². The van der Waals surface area contributed by atoms with Crippen LogP contribution in [0.1, 0.15) is 22.3 Å². The lowest BCUT2D eigenvalue weighted by atomic mass is 9.90. The summed E-state index contributed by atoms with van der Waals surface area (Å²) in [5.41, 5.74) is 12.0. The maximum Gasteiger partial charge on any atom is 0.143 e. The molecule has 0 radical (unpaired) electrons. The van der Waals surface area contributed by atoms with E-state index >= 15 is 0 Å². The zero-order chi connectivity index (χ0) is 26.0. The Morgan fingerprint density at radius 2 is 0.872 bits per heavy atom. The molecule has 0 amide bonds. The summed E-state index contributed by atoms with van der Waals surface area (Å²) in [4.78, 5) is 0. The fourth-order valence-corrected chi connectivity index (χ4v) is 5.76. The van der Waals surface area contributed by atoms with Crippen molar-refractivity contribution >= 4 is 21.9 Å². The summed E-state index contributed by atoms with van der Waals surface area (Å²) in [7, 11) is 0. The fraction of sp³-hybridized carbons (Fsp3) is 0.0526. The average Bonchev–Trinajstić information content (AvgIpc) is 3.39. The van der Waals surface area contributed by atoms with Gasteiger partial charge in [-0.2, -0.15) is 0 Å². The van der Waals surface area contributed by atoms with Crippen molar-refractivity contribution in [2.45, 2.75) is 12.8 Å². The van der Waals surface area contributed by atoms with E-state index in [1.54, 1.807) is 0 Å². The van der Waals surface area contributed by atoms with Gasteiger partial charge in [0.2, 0.25) is 0 Å². The molecule has 0 bridgehead atoms. The molecule has 0 N–H and O–H groups in total. The van der Waals surface area contributed by atoms with Gasteiger partial charge in [0.25, 0.3) is 0 Å². The highest BCUT2D eigenvalue weighted by atomic mass is 16.3. The second kappa shape index (κ2) is 10.1. The van der Waals surface area contributed by atoms with Crippen LogP contribution in [0.3, 0.4) is 0 Å². The van der Waals surface area contributed by atoms with Gasteiger partial charge in [0.05, 0.1) is 0 Å². The molecule has 0 spiro atoms. The van der Waals surface area contributed by atoms with E-state index in [1.807, 2.05) is 0 Å². The molecule has 0 saturated carbocycles. The molecule has 1 heterocycles. The average molecular weight is 501 g/mol. The van der Waals surface area contributed by atoms with Gasteiger partial charge in [-0.25, -0.2) is 0 Å². The van der Waals surface area contributed by atoms with E-state index in [1.165, 1.54) is 44.3 Å². The molecule has 39 heavy (non-hydrogen) atoms. The Balaban J connectivity index is 1.32. The number of para-hydroxylation sites is 2. The van der Waals surface area contributed by atoms with Crippen molar-refractivity contribution in [3.05, 3.63) is 168 Å². The van der Waals surface area contributed by atoms with E-state index in [4.69, 9.17) is 4.42 Å². The van der Waals surface area contributed by atoms with E-state index < -0.39 is 0 Å². The minimum Gasteiger partial charge on any atom is -0.455 e. The molecule has 186 valence electrons. The normalized spacial score (nSPS) is 11.3. The molecule has 0 fully saturated rings. The Bertz CT molecular complexity index is 1890. The zero-order valence-corrected chi connectivity index (χ0v) is 21.7. The SMILES string of the molecule is c1ccc(Cc2ccccc2-c2ccccc2Cc2cccc3c2oc2c(-c4ccccc4)cccc23)cc1. The van der Waals surface area contributed by atoms with Gasteiger partial charge < -0.3 is 4.42 Å². The first kappa shape index (κ1) is 23.3. The fourth-order valence-electron chi connectivity index (χ4n) is 5.76. The van der Waals surface area contributed by atoms with Crippen LogP contribution >= 0.6 is 0 Å². The molecule has 1 heteroatoms. The number of hydrogen-bond donors (Lipinski definition) is 0. The topological polar surface area (TPSA) is 13.1 Å². The molecule has 0 aliphatic carbocycles. The van der Waals surface area contributed by atoms with Crippen LogP contribution in [-0.2, 0) is 12.8 Å². The van der Waals surface area contributed by atoms with Gasteiger partial charge in [-0.1, -0.05) is 146 Å². The lowest BCUT2D eigenvalue weighted by molar-refractivity contribution is 0.665. The predicted molar refractivity (Wildman–Crippen MR) is 163 cm³/mol. The van der Waals surface area contributed by atoms with Crippen molar-refractivity contribution in [1.82, 2.24) is 0 Å². The highest BCUT2D eigenvalue weighted by Crippen LogP contribution is 2.38. The van der Waals surface area contributed by atoms with Gasteiger partial charge in [-0.05, 0) is 45.4 Å². The molecule has 0 aliphatic heterocycles. The Kier molecular flexibility index (Phi) is 6.03. The smallest absolute Gasteiger partial charge is 0.143 e. The first-order valence-corrected chi connectivity index (χ1v) is 13.5. The predicted octanol–water partition coefficient (Wildman–Crippen LogP) is 10.1. The Morgan fingerprint density at radius 3 is 1.59 bits per heavy atom. The molecule has 7 aromatic rings. The van der Waals surface area contributed by atoms with Gasteiger partial charge >= 0.3 is 0 Å².